The van der Waals surface area contributed by atoms with Crippen molar-refractivity contribution in [1.82, 2.24) is 19.4 Å². The molecule has 0 amide bonds. The van der Waals surface area contributed by atoms with Crippen LogP contribution in [-0.4, -0.2) is 32.5 Å². The summed E-state index contributed by atoms with van der Waals surface area (Å²) >= 11 is 0. The molecule has 0 bridgehead atoms. The second-order valence-electron chi connectivity index (χ2n) is 8.41. The molecule has 0 saturated carbocycles. The monoisotopic (exact) mass is 414 g/mol. The molecule has 4 heterocycles. The molecular weight excluding hydrogens is 389 g/mol. The van der Waals surface area contributed by atoms with E-state index >= 15 is 0 Å². The second-order valence-corrected chi connectivity index (χ2v) is 8.41. The molecule has 3 aromatic rings. The van der Waals surface area contributed by atoms with Gasteiger partial charge in [0.05, 0.1) is 22.8 Å². The molecule has 1 saturated heterocycles. The van der Waals surface area contributed by atoms with Crippen molar-refractivity contribution in [3.8, 4) is 0 Å². The third kappa shape index (κ3) is 3.39. The lowest BCUT2D eigenvalue weighted by Crippen LogP contribution is -2.39. The third-order valence-electron chi connectivity index (χ3n) is 6.56. The fourth-order valence-corrected chi connectivity index (χ4v) is 5.10. The lowest BCUT2D eigenvalue weighted by molar-refractivity contribution is -0.137. The normalized spacial score (nSPS) is 19.7. The number of hydrogen-bond donors (Lipinski definition) is 0. The molecule has 2 aromatic heterocycles. The first-order valence-electron chi connectivity index (χ1n) is 10.7. The van der Waals surface area contributed by atoms with Gasteiger partial charge in [-0.15, -0.1) is 0 Å². The van der Waals surface area contributed by atoms with E-state index in [9.17, 15) is 13.2 Å². The van der Waals surface area contributed by atoms with E-state index in [-0.39, 0.29) is 0 Å². The lowest BCUT2D eigenvalue weighted by Gasteiger charge is -2.39. The van der Waals surface area contributed by atoms with E-state index in [1.54, 1.807) is 12.1 Å². The Kier molecular flexibility index (Phi) is 4.81. The Bertz CT molecular complexity index is 1070. The van der Waals surface area contributed by atoms with Gasteiger partial charge in [-0.3, -0.25) is 4.90 Å². The highest BCUT2D eigenvalue weighted by atomic mass is 19.4. The minimum absolute atomic E-state index is 0.423. The van der Waals surface area contributed by atoms with Crippen molar-refractivity contribution in [3.63, 3.8) is 0 Å². The van der Waals surface area contributed by atoms with Crippen LogP contribution in [0.4, 0.5) is 13.2 Å². The number of benzene rings is 1. The highest BCUT2D eigenvalue weighted by Crippen LogP contribution is 2.41. The first-order valence-corrected chi connectivity index (χ1v) is 10.7. The Morgan fingerprint density at radius 1 is 1.10 bits per heavy atom. The molecule has 1 atom stereocenters. The van der Waals surface area contributed by atoms with Gasteiger partial charge in [0.15, 0.2) is 0 Å². The van der Waals surface area contributed by atoms with Gasteiger partial charge < -0.3 is 4.57 Å². The van der Waals surface area contributed by atoms with Crippen molar-refractivity contribution < 1.29 is 13.2 Å². The molecule has 158 valence electrons. The molecule has 0 aliphatic carbocycles. The summed E-state index contributed by atoms with van der Waals surface area (Å²) in [5.41, 5.74) is 5.10. The Labute approximate surface area is 173 Å². The van der Waals surface area contributed by atoms with E-state index in [0.29, 0.717) is 12.5 Å². The number of aromatic nitrogens is 3. The van der Waals surface area contributed by atoms with Gasteiger partial charge in [0.2, 0.25) is 0 Å². The Morgan fingerprint density at radius 2 is 1.90 bits per heavy atom. The number of halogens is 3. The highest BCUT2D eigenvalue weighted by molar-refractivity contribution is 5.82. The Morgan fingerprint density at radius 3 is 2.67 bits per heavy atom. The quantitative estimate of drug-likeness (QED) is 0.599. The summed E-state index contributed by atoms with van der Waals surface area (Å²) in [5, 5.41) is 0. The van der Waals surface area contributed by atoms with Crippen LogP contribution in [0, 0.1) is 6.92 Å². The molecule has 4 nitrogen and oxygen atoms in total. The van der Waals surface area contributed by atoms with Crippen molar-refractivity contribution in [2.24, 2.45) is 0 Å². The molecule has 30 heavy (non-hydrogen) atoms. The minimum Gasteiger partial charge on any atom is -0.341 e. The van der Waals surface area contributed by atoms with Crippen LogP contribution < -0.4 is 0 Å². The molecule has 0 N–H and O–H groups in total. The molecule has 1 aromatic carbocycles. The van der Waals surface area contributed by atoms with E-state index in [1.165, 1.54) is 36.2 Å². The molecule has 1 fully saturated rings. The SMILES string of the molecule is Cc1ncc2c(n1)c1c(n2CCc2ccc(C(F)(F)F)cc2)CCN2CCCCC12. The summed E-state index contributed by atoms with van der Waals surface area (Å²) in [4.78, 5) is 11.8. The summed E-state index contributed by atoms with van der Waals surface area (Å²) in [7, 11) is 0. The first kappa shape index (κ1) is 19.5. The molecule has 2 aliphatic rings. The predicted molar refractivity (Wildman–Crippen MR) is 109 cm³/mol. The lowest BCUT2D eigenvalue weighted by atomic mass is 9.90. The number of fused-ring (bicyclic) bond motifs is 5. The van der Waals surface area contributed by atoms with Gasteiger partial charge in [0, 0.05) is 36.8 Å². The second kappa shape index (κ2) is 7.38. The summed E-state index contributed by atoms with van der Waals surface area (Å²) in [6.45, 7) is 4.84. The Hall–Kier alpha value is -2.41. The van der Waals surface area contributed by atoms with E-state index in [4.69, 9.17) is 4.98 Å². The number of aryl methyl sites for hydroxylation is 3. The fourth-order valence-electron chi connectivity index (χ4n) is 5.10. The average molecular weight is 414 g/mol. The van der Waals surface area contributed by atoms with Crippen molar-refractivity contribution in [2.75, 3.05) is 13.1 Å². The number of nitrogens with zero attached hydrogens (tertiary/aromatic N) is 4. The highest BCUT2D eigenvalue weighted by Gasteiger charge is 2.34. The van der Waals surface area contributed by atoms with Gasteiger partial charge >= 0.3 is 6.18 Å². The zero-order chi connectivity index (χ0) is 20.9. The van der Waals surface area contributed by atoms with E-state index in [1.807, 2.05) is 13.1 Å². The van der Waals surface area contributed by atoms with Crippen molar-refractivity contribution >= 4 is 11.0 Å². The predicted octanol–water partition coefficient (Wildman–Crippen LogP) is 5.08. The van der Waals surface area contributed by atoms with Crippen LogP contribution in [0.1, 0.15) is 53.5 Å². The third-order valence-corrected chi connectivity index (χ3v) is 6.56. The molecule has 1 unspecified atom stereocenters. The molecule has 0 spiro atoms. The number of rotatable bonds is 3. The van der Waals surface area contributed by atoms with Crippen LogP contribution in [0.5, 0.6) is 0 Å². The number of hydrogen-bond acceptors (Lipinski definition) is 3. The first-order chi connectivity index (χ1) is 14.4. The van der Waals surface area contributed by atoms with Crippen molar-refractivity contribution in [1.29, 1.82) is 0 Å². The van der Waals surface area contributed by atoms with Crippen LogP contribution in [0.25, 0.3) is 11.0 Å². The maximum Gasteiger partial charge on any atom is 0.416 e. The summed E-state index contributed by atoms with van der Waals surface area (Å²) < 4.78 is 40.8. The van der Waals surface area contributed by atoms with Crippen LogP contribution in [0.15, 0.2) is 30.5 Å². The van der Waals surface area contributed by atoms with Crippen LogP contribution in [0.2, 0.25) is 0 Å². The summed E-state index contributed by atoms with van der Waals surface area (Å²) in [5.74, 6) is 0.776. The van der Waals surface area contributed by atoms with Gasteiger partial charge in [-0.05, 0) is 50.4 Å². The molecule has 7 heteroatoms. The van der Waals surface area contributed by atoms with Crippen LogP contribution in [0.3, 0.4) is 0 Å². The van der Waals surface area contributed by atoms with E-state index in [2.05, 4.69) is 14.5 Å². The smallest absolute Gasteiger partial charge is 0.341 e. The number of alkyl halides is 3. The van der Waals surface area contributed by atoms with Gasteiger partial charge in [0.25, 0.3) is 0 Å². The largest absolute Gasteiger partial charge is 0.416 e. The van der Waals surface area contributed by atoms with E-state index < -0.39 is 11.7 Å². The number of piperidine rings is 1. The summed E-state index contributed by atoms with van der Waals surface area (Å²) in [6.07, 6.45) is 2.93. The van der Waals surface area contributed by atoms with Crippen LogP contribution >= 0.6 is 0 Å². The molecule has 2 aliphatic heterocycles. The molecular formula is C23H25F3N4. The maximum absolute atomic E-state index is 12.8. The van der Waals surface area contributed by atoms with Gasteiger partial charge in [0.1, 0.15) is 5.82 Å². The summed E-state index contributed by atoms with van der Waals surface area (Å²) in [6, 6.07) is 5.94. The zero-order valence-electron chi connectivity index (χ0n) is 17.0. The molecule has 5 rings (SSSR count). The minimum atomic E-state index is -4.30. The molecule has 0 radical (unpaired) electrons. The fraction of sp³-hybridized carbons (Fsp3) is 0.478. The van der Waals surface area contributed by atoms with Crippen LogP contribution in [-0.2, 0) is 25.6 Å². The van der Waals surface area contributed by atoms with E-state index in [0.717, 1.165) is 54.9 Å². The Balaban J connectivity index is 1.49. The van der Waals surface area contributed by atoms with Crippen molar-refractivity contribution in [2.45, 2.75) is 57.8 Å². The van der Waals surface area contributed by atoms with Gasteiger partial charge in [-0.1, -0.05) is 18.6 Å². The van der Waals surface area contributed by atoms with Crippen molar-refractivity contribution in [3.05, 3.63) is 58.7 Å². The topological polar surface area (TPSA) is 34.0 Å². The average Bonchev–Trinajstić information content (AvgIpc) is 3.05. The van der Waals surface area contributed by atoms with Gasteiger partial charge in [-0.25, -0.2) is 9.97 Å². The standard InChI is InChI=1S/C23H25F3N4/c1-15-27-14-20-22(28-15)21-18-4-2-3-11-29(18)12-10-19(21)30(20)13-9-16-5-7-17(8-6-16)23(24,25)26/h5-8,14,18H,2-4,9-13H2,1H3. The van der Waals surface area contributed by atoms with Gasteiger partial charge in [-0.2, -0.15) is 13.2 Å². The zero-order valence-corrected chi connectivity index (χ0v) is 17.0. The maximum atomic E-state index is 12.8.